The average molecular weight is 252 g/mol. The summed E-state index contributed by atoms with van der Waals surface area (Å²) in [6.45, 7) is 9.62. The van der Waals surface area contributed by atoms with Gasteiger partial charge in [0.1, 0.15) is 5.56 Å². The number of carbonyl (C=O) groups excluding carboxylic acids is 1. The third kappa shape index (κ3) is 2.27. The molecule has 0 saturated carbocycles. The van der Waals surface area contributed by atoms with Crippen molar-refractivity contribution >= 4 is 5.91 Å². The van der Waals surface area contributed by atoms with Gasteiger partial charge in [0.25, 0.3) is 5.91 Å². The second kappa shape index (κ2) is 5.10. The molecule has 0 aliphatic carbocycles. The van der Waals surface area contributed by atoms with Gasteiger partial charge >= 0.3 is 0 Å². The fourth-order valence-electron chi connectivity index (χ4n) is 2.21. The first-order chi connectivity index (χ1) is 8.52. The third-order valence-electron chi connectivity index (χ3n) is 3.26. The van der Waals surface area contributed by atoms with Crippen molar-refractivity contribution in [2.45, 2.75) is 39.7 Å². The van der Waals surface area contributed by atoms with Gasteiger partial charge in [-0.25, -0.2) is 0 Å². The topological polar surface area (TPSA) is 55.6 Å². The zero-order valence-corrected chi connectivity index (χ0v) is 11.4. The highest BCUT2D eigenvalue weighted by Gasteiger charge is 2.30. The molecule has 100 valence electrons. The Morgan fingerprint density at radius 3 is 2.83 bits per heavy atom. The van der Waals surface area contributed by atoms with E-state index in [1.165, 1.54) is 0 Å². The summed E-state index contributed by atoms with van der Waals surface area (Å²) in [5.74, 6) is 0.839. The van der Waals surface area contributed by atoms with Crippen molar-refractivity contribution in [3.8, 4) is 0 Å². The second-order valence-electron chi connectivity index (χ2n) is 5.08. The fourth-order valence-corrected chi connectivity index (χ4v) is 2.21. The van der Waals surface area contributed by atoms with Crippen LogP contribution in [0.5, 0.6) is 0 Å². The molecule has 1 saturated heterocycles. The van der Waals surface area contributed by atoms with E-state index < -0.39 is 0 Å². The fraction of sp³-hybridized carbons (Fsp3) is 0.692. The molecule has 0 N–H and O–H groups in total. The summed E-state index contributed by atoms with van der Waals surface area (Å²) in [4.78, 5) is 14.4. The highest BCUT2D eigenvalue weighted by molar-refractivity contribution is 5.96. The molecule has 1 aliphatic rings. The quantitative estimate of drug-likeness (QED) is 0.807. The van der Waals surface area contributed by atoms with Crippen LogP contribution < -0.4 is 0 Å². The zero-order chi connectivity index (χ0) is 13.3. The maximum absolute atomic E-state index is 12.6. The Labute approximate surface area is 107 Å². The van der Waals surface area contributed by atoms with Crippen LogP contribution in [-0.2, 0) is 4.74 Å². The number of aromatic nitrogens is 1. The molecule has 1 aromatic rings. The van der Waals surface area contributed by atoms with Crippen molar-refractivity contribution in [2.75, 3.05) is 19.8 Å². The lowest BCUT2D eigenvalue weighted by molar-refractivity contribution is 0.00341. The maximum atomic E-state index is 12.6. The lowest BCUT2D eigenvalue weighted by Crippen LogP contribution is -2.47. The van der Waals surface area contributed by atoms with Crippen LogP contribution in [0.15, 0.2) is 4.52 Å². The summed E-state index contributed by atoms with van der Waals surface area (Å²) < 4.78 is 10.6. The second-order valence-corrected chi connectivity index (χ2v) is 5.08. The van der Waals surface area contributed by atoms with Crippen LogP contribution in [0.1, 0.15) is 48.5 Å². The number of amides is 1. The molecule has 1 amide bonds. The molecule has 1 unspecified atom stereocenters. The number of aryl methyl sites for hydroxylation is 1. The van der Waals surface area contributed by atoms with Crippen molar-refractivity contribution in [2.24, 2.45) is 0 Å². The van der Waals surface area contributed by atoms with Gasteiger partial charge < -0.3 is 14.2 Å². The first kappa shape index (κ1) is 13.1. The summed E-state index contributed by atoms with van der Waals surface area (Å²) >= 11 is 0. The third-order valence-corrected chi connectivity index (χ3v) is 3.26. The van der Waals surface area contributed by atoms with Gasteiger partial charge in [0.2, 0.25) is 0 Å². The van der Waals surface area contributed by atoms with Gasteiger partial charge in [-0.1, -0.05) is 19.0 Å². The SMILES string of the molecule is Cc1noc(C(C)C)c1C(=O)N1CCOCC1C. The summed E-state index contributed by atoms with van der Waals surface area (Å²) in [6.07, 6.45) is 0. The van der Waals surface area contributed by atoms with E-state index in [2.05, 4.69) is 5.16 Å². The number of hydrogen-bond acceptors (Lipinski definition) is 4. The van der Waals surface area contributed by atoms with Crippen LogP contribution in [-0.4, -0.2) is 41.8 Å². The first-order valence-corrected chi connectivity index (χ1v) is 6.37. The minimum Gasteiger partial charge on any atom is -0.377 e. The van der Waals surface area contributed by atoms with Crippen LogP contribution in [0.25, 0.3) is 0 Å². The monoisotopic (exact) mass is 252 g/mol. The van der Waals surface area contributed by atoms with Crippen LogP contribution in [0.3, 0.4) is 0 Å². The molecular formula is C13H20N2O3. The molecule has 2 heterocycles. The molecule has 0 radical (unpaired) electrons. The lowest BCUT2D eigenvalue weighted by atomic mass is 10.0. The lowest BCUT2D eigenvalue weighted by Gasteiger charge is -2.33. The molecule has 1 fully saturated rings. The normalized spacial score (nSPS) is 20.5. The van der Waals surface area contributed by atoms with E-state index in [-0.39, 0.29) is 17.9 Å². The molecule has 5 nitrogen and oxygen atoms in total. The molecule has 18 heavy (non-hydrogen) atoms. The van der Waals surface area contributed by atoms with Crippen LogP contribution in [0.2, 0.25) is 0 Å². The molecule has 5 heteroatoms. The summed E-state index contributed by atoms with van der Waals surface area (Å²) in [7, 11) is 0. The Balaban J connectivity index is 2.30. The molecule has 0 bridgehead atoms. The van der Waals surface area contributed by atoms with Gasteiger partial charge in [0, 0.05) is 12.5 Å². The van der Waals surface area contributed by atoms with E-state index >= 15 is 0 Å². The van der Waals surface area contributed by atoms with E-state index in [9.17, 15) is 4.79 Å². The number of nitrogens with zero attached hydrogens (tertiary/aromatic N) is 2. The van der Waals surface area contributed by atoms with Crippen molar-refractivity contribution < 1.29 is 14.1 Å². The van der Waals surface area contributed by atoms with Gasteiger partial charge in [-0.2, -0.15) is 0 Å². The number of morpholine rings is 1. The molecule has 0 aromatic carbocycles. The van der Waals surface area contributed by atoms with Gasteiger partial charge in [0.05, 0.1) is 24.9 Å². The minimum atomic E-state index is 0.00764. The van der Waals surface area contributed by atoms with Crippen LogP contribution in [0.4, 0.5) is 0 Å². The largest absolute Gasteiger partial charge is 0.377 e. The summed E-state index contributed by atoms with van der Waals surface area (Å²) in [5.41, 5.74) is 1.29. The number of rotatable bonds is 2. The number of ether oxygens (including phenoxy) is 1. The van der Waals surface area contributed by atoms with E-state index in [0.717, 1.165) is 0 Å². The minimum absolute atomic E-state index is 0.00764. The Bertz CT molecular complexity index is 439. The van der Waals surface area contributed by atoms with Gasteiger partial charge in [-0.05, 0) is 13.8 Å². The predicted octanol–water partition coefficient (Wildman–Crippen LogP) is 1.97. The highest BCUT2D eigenvalue weighted by atomic mass is 16.5. The van der Waals surface area contributed by atoms with E-state index in [4.69, 9.17) is 9.26 Å². The Morgan fingerprint density at radius 2 is 2.22 bits per heavy atom. The van der Waals surface area contributed by atoms with E-state index in [1.54, 1.807) is 0 Å². The predicted molar refractivity (Wildman–Crippen MR) is 66.6 cm³/mol. The van der Waals surface area contributed by atoms with E-state index in [0.29, 0.717) is 36.8 Å². The molecule has 1 aliphatic heterocycles. The number of hydrogen-bond donors (Lipinski definition) is 0. The van der Waals surface area contributed by atoms with Crippen molar-refractivity contribution in [1.82, 2.24) is 10.1 Å². The van der Waals surface area contributed by atoms with Gasteiger partial charge in [-0.3, -0.25) is 4.79 Å². The van der Waals surface area contributed by atoms with E-state index in [1.807, 2.05) is 32.6 Å². The molecule has 2 rings (SSSR count). The van der Waals surface area contributed by atoms with Crippen molar-refractivity contribution in [3.63, 3.8) is 0 Å². The zero-order valence-electron chi connectivity index (χ0n) is 11.4. The van der Waals surface area contributed by atoms with Crippen molar-refractivity contribution in [1.29, 1.82) is 0 Å². The maximum Gasteiger partial charge on any atom is 0.259 e. The Hall–Kier alpha value is -1.36. The van der Waals surface area contributed by atoms with Crippen LogP contribution >= 0.6 is 0 Å². The van der Waals surface area contributed by atoms with Crippen molar-refractivity contribution in [3.05, 3.63) is 17.0 Å². The smallest absolute Gasteiger partial charge is 0.259 e. The van der Waals surface area contributed by atoms with Gasteiger partial charge in [0.15, 0.2) is 5.76 Å². The summed E-state index contributed by atoms with van der Waals surface area (Å²) in [6, 6.07) is 0.0977. The average Bonchev–Trinajstić information content (AvgIpc) is 2.71. The first-order valence-electron chi connectivity index (χ1n) is 6.37. The van der Waals surface area contributed by atoms with Gasteiger partial charge in [-0.15, -0.1) is 0 Å². The molecule has 1 atom stereocenters. The molecule has 1 aromatic heterocycles. The number of carbonyl (C=O) groups is 1. The highest BCUT2D eigenvalue weighted by Crippen LogP contribution is 2.24. The van der Waals surface area contributed by atoms with Crippen LogP contribution in [0, 0.1) is 6.92 Å². The molecular weight excluding hydrogens is 232 g/mol. The molecule has 0 spiro atoms. The standard InChI is InChI=1S/C13H20N2O3/c1-8(2)12-11(10(4)14-18-12)13(16)15-5-6-17-7-9(15)3/h8-9H,5-7H2,1-4H3. The summed E-state index contributed by atoms with van der Waals surface area (Å²) in [5, 5.41) is 3.93. The Kier molecular flexibility index (Phi) is 3.71. The Morgan fingerprint density at radius 1 is 1.50 bits per heavy atom.